The summed E-state index contributed by atoms with van der Waals surface area (Å²) in [5, 5.41) is 20.0. The van der Waals surface area contributed by atoms with Gasteiger partial charge in [-0.25, -0.2) is 14.4 Å². The van der Waals surface area contributed by atoms with E-state index in [1.807, 2.05) is 20.8 Å². The van der Waals surface area contributed by atoms with E-state index in [0.717, 1.165) is 6.07 Å². The normalized spacial score (nSPS) is 11.9. The van der Waals surface area contributed by atoms with Crippen LogP contribution < -0.4 is 5.32 Å². The van der Waals surface area contributed by atoms with Gasteiger partial charge in [-0.3, -0.25) is 14.9 Å². The Bertz CT molecular complexity index is 2030. The molecular formula is C28H21F2N7O4. The molecule has 3 aromatic heterocycles. The van der Waals surface area contributed by atoms with Crippen molar-refractivity contribution in [2.75, 3.05) is 0 Å². The molecule has 11 nitrogen and oxygen atoms in total. The van der Waals surface area contributed by atoms with Crippen LogP contribution in [0.5, 0.6) is 0 Å². The SMILES string of the molecule is CC(C)(C)c1noc(C(=O)NCc2ccc3c(ccc4cnc5[nH]c(-c6cccc(F)c6[N+](=O)[O-])nc5c43)c2F)n1. The smallest absolute Gasteiger partial charge is 0.315 e. The molecule has 0 aliphatic heterocycles. The van der Waals surface area contributed by atoms with Crippen molar-refractivity contribution in [2.24, 2.45) is 0 Å². The Morgan fingerprint density at radius 3 is 2.61 bits per heavy atom. The summed E-state index contributed by atoms with van der Waals surface area (Å²) < 4.78 is 35.0. The van der Waals surface area contributed by atoms with Gasteiger partial charge in [-0.15, -0.1) is 0 Å². The number of fused-ring (bicyclic) bond motifs is 5. The fraction of sp³-hybridized carbons (Fsp3) is 0.179. The zero-order valence-corrected chi connectivity index (χ0v) is 22.0. The summed E-state index contributed by atoms with van der Waals surface area (Å²) in [5.41, 5.74) is -0.297. The molecule has 0 fully saturated rings. The number of benzene rings is 3. The minimum Gasteiger partial charge on any atom is -0.344 e. The molecule has 3 aromatic carbocycles. The van der Waals surface area contributed by atoms with Crippen LogP contribution in [0, 0.1) is 21.7 Å². The number of hydrogen-bond donors (Lipinski definition) is 2. The molecule has 206 valence electrons. The van der Waals surface area contributed by atoms with Gasteiger partial charge in [0, 0.05) is 39.9 Å². The number of hydrogen-bond acceptors (Lipinski definition) is 8. The predicted molar refractivity (Wildman–Crippen MR) is 145 cm³/mol. The number of halogens is 2. The molecular weight excluding hydrogens is 536 g/mol. The molecule has 0 saturated carbocycles. The number of nitro benzene ring substituents is 1. The maximum absolute atomic E-state index is 15.7. The summed E-state index contributed by atoms with van der Waals surface area (Å²) in [4.78, 5) is 39.2. The van der Waals surface area contributed by atoms with Crippen molar-refractivity contribution in [1.82, 2.24) is 30.4 Å². The molecule has 0 unspecified atom stereocenters. The fourth-order valence-electron chi connectivity index (χ4n) is 4.60. The molecule has 2 N–H and O–H groups in total. The zero-order chi connectivity index (χ0) is 29.1. The van der Waals surface area contributed by atoms with Gasteiger partial charge in [0.2, 0.25) is 5.82 Å². The minimum atomic E-state index is -0.994. The van der Waals surface area contributed by atoms with Crippen LogP contribution in [0.15, 0.2) is 53.2 Å². The van der Waals surface area contributed by atoms with E-state index in [1.165, 1.54) is 12.1 Å². The Balaban J connectivity index is 1.39. The number of carbonyl (C=O) groups is 1. The van der Waals surface area contributed by atoms with Gasteiger partial charge in [0.1, 0.15) is 17.2 Å². The first-order valence-electron chi connectivity index (χ1n) is 12.5. The van der Waals surface area contributed by atoms with Crippen LogP contribution in [0.4, 0.5) is 14.5 Å². The lowest BCUT2D eigenvalue weighted by Crippen LogP contribution is -2.24. The average Bonchev–Trinajstić information content (AvgIpc) is 3.60. The Morgan fingerprint density at radius 2 is 1.88 bits per heavy atom. The van der Waals surface area contributed by atoms with Crippen LogP contribution in [-0.4, -0.2) is 35.9 Å². The number of imidazole rings is 1. The van der Waals surface area contributed by atoms with E-state index in [2.05, 4.69) is 30.4 Å². The minimum absolute atomic E-state index is 0.0403. The van der Waals surface area contributed by atoms with Gasteiger partial charge in [0.15, 0.2) is 11.5 Å². The molecule has 3 heterocycles. The molecule has 13 heteroatoms. The Labute approximate surface area is 229 Å². The quantitative estimate of drug-likeness (QED) is 0.155. The highest BCUT2D eigenvalue weighted by atomic mass is 19.1. The van der Waals surface area contributed by atoms with E-state index in [9.17, 15) is 19.3 Å². The Hall–Kier alpha value is -5.33. The summed E-state index contributed by atoms with van der Waals surface area (Å²) in [7, 11) is 0. The molecule has 0 aliphatic carbocycles. The number of carbonyl (C=O) groups excluding carboxylic acids is 1. The van der Waals surface area contributed by atoms with Crippen molar-refractivity contribution in [1.29, 1.82) is 0 Å². The number of aromatic nitrogens is 5. The van der Waals surface area contributed by atoms with E-state index in [1.54, 1.807) is 30.5 Å². The first-order valence-corrected chi connectivity index (χ1v) is 12.5. The highest BCUT2D eigenvalue weighted by Gasteiger charge is 2.25. The van der Waals surface area contributed by atoms with E-state index in [4.69, 9.17) is 4.52 Å². The van der Waals surface area contributed by atoms with E-state index in [0.29, 0.717) is 33.1 Å². The molecule has 0 atom stereocenters. The van der Waals surface area contributed by atoms with Crippen molar-refractivity contribution in [2.45, 2.75) is 32.7 Å². The number of nitrogens with zero attached hydrogens (tertiary/aromatic N) is 5. The van der Waals surface area contributed by atoms with Gasteiger partial charge in [0.25, 0.3) is 0 Å². The van der Waals surface area contributed by atoms with Crippen LogP contribution in [0.1, 0.15) is 42.8 Å². The number of H-pyrrole nitrogens is 1. The first-order chi connectivity index (χ1) is 19.5. The first kappa shape index (κ1) is 25.9. The van der Waals surface area contributed by atoms with Gasteiger partial charge in [-0.05, 0) is 17.5 Å². The molecule has 0 aliphatic rings. The molecule has 41 heavy (non-hydrogen) atoms. The third-order valence-electron chi connectivity index (χ3n) is 6.66. The van der Waals surface area contributed by atoms with Crippen LogP contribution in [0.2, 0.25) is 0 Å². The van der Waals surface area contributed by atoms with Crippen molar-refractivity contribution >= 4 is 44.3 Å². The largest absolute Gasteiger partial charge is 0.344 e. The number of amides is 1. The number of rotatable bonds is 5. The zero-order valence-electron chi connectivity index (χ0n) is 22.0. The number of para-hydroxylation sites is 1. The maximum Gasteiger partial charge on any atom is 0.315 e. The lowest BCUT2D eigenvalue weighted by Gasteiger charge is -2.11. The lowest BCUT2D eigenvalue weighted by atomic mass is 9.96. The Morgan fingerprint density at radius 1 is 1.10 bits per heavy atom. The predicted octanol–water partition coefficient (Wildman–Crippen LogP) is 5.73. The van der Waals surface area contributed by atoms with Crippen molar-refractivity contribution in [3.05, 3.63) is 87.7 Å². The molecule has 0 bridgehead atoms. The average molecular weight is 558 g/mol. The third kappa shape index (κ3) is 4.40. The van der Waals surface area contributed by atoms with E-state index in [-0.39, 0.29) is 34.8 Å². The van der Waals surface area contributed by atoms with Gasteiger partial charge < -0.3 is 14.8 Å². The second-order valence-corrected chi connectivity index (χ2v) is 10.5. The van der Waals surface area contributed by atoms with Gasteiger partial charge in [0.05, 0.1) is 10.5 Å². The van der Waals surface area contributed by atoms with Crippen molar-refractivity contribution < 1.29 is 23.0 Å². The molecule has 0 spiro atoms. The monoisotopic (exact) mass is 557 g/mol. The molecule has 0 radical (unpaired) electrons. The number of aromatic amines is 1. The van der Waals surface area contributed by atoms with E-state index < -0.39 is 33.6 Å². The molecule has 6 aromatic rings. The van der Waals surface area contributed by atoms with E-state index >= 15 is 4.39 Å². The van der Waals surface area contributed by atoms with Gasteiger partial charge in [-0.1, -0.05) is 56.3 Å². The van der Waals surface area contributed by atoms with Crippen LogP contribution in [0.3, 0.4) is 0 Å². The molecule has 0 saturated heterocycles. The second kappa shape index (κ2) is 9.40. The summed E-state index contributed by atoms with van der Waals surface area (Å²) in [6, 6.07) is 10.3. The van der Waals surface area contributed by atoms with Gasteiger partial charge >= 0.3 is 17.5 Å². The standard InChI is InChI=1S/C28H21F2N7O4/c1-28(2,3)27-35-26(41-36-27)25(38)32-12-14-8-9-15-16(20(14)30)10-7-13-11-31-24-21(19(13)15)33-23(34-24)17-5-4-6-18(29)22(17)37(39)40/h4-11H,12H2,1-3H3,(H,32,38)(H,31,33,34). The van der Waals surface area contributed by atoms with Crippen LogP contribution >= 0.6 is 0 Å². The maximum atomic E-state index is 15.7. The second-order valence-electron chi connectivity index (χ2n) is 10.5. The van der Waals surface area contributed by atoms with Crippen LogP contribution in [0.25, 0.3) is 44.1 Å². The molecule has 1 amide bonds. The van der Waals surface area contributed by atoms with Crippen molar-refractivity contribution in [3.63, 3.8) is 0 Å². The highest BCUT2D eigenvalue weighted by molar-refractivity contribution is 6.18. The summed E-state index contributed by atoms with van der Waals surface area (Å²) in [6.07, 6.45) is 1.57. The number of nitrogens with one attached hydrogen (secondary N) is 2. The number of nitro groups is 1. The third-order valence-corrected chi connectivity index (χ3v) is 6.66. The van der Waals surface area contributed by atoms with Crippen molar-refractivity contribution in [3.8, 4) is 11.4 Å². The molecule has 6 rings (SSSR count). The topological polar surface area (TPSA) is 153 Å². The Kier molecular flexibility index (Phi) is 5.94. The van der Waals surface area contributed by atoms with Crippen LogP contribution in [-0.2, 0) is 12.0 Å². The summed E-state index contributed by atoms with van der Waals surface area (Å²) >= 11 is 0. The lowest BCUT2D eigenvalue weighted by molar-refractivity contribution is -0.386. The fourth-order valence-corrected chi connectivity index (χ4v) is 4.60. The number of pyridine rings is 1. The summed E-state index contributed by atoms with van der Waals surface area (Å²) in [6.45, 7) is 5.51. The summed E-state index contributed by atoms with van der Waals surface area (Å²) in [5.74, 6) is -1.96. The highest BCUT2D eigenvalue weighted by Crippen LogP contribution is 2.36. The van der Waals surface area contributed by atoms with Gasteiger partial charge in [-0.2, -0.15) is 9.37 Å².